The van der Waals surface area contributed by atoms with E-state index in [9.17, 15) is 26.4 Å². The molecule has 6 rings (SSSR count). The molecule has 3 aliphatic rings. The van der Waals surface area contributed by atoms with Crippen LogP contribution in [0.25, 0.3) is 0 Å². The van der Waals surface area contributed by atoms with E-state index >= 15 is 0 Å². The molecule has 0 radical (unpaired) electrons. The van der Waals surface area contributed by atoms with Gasteiger partial charge in [0.2, 0.25) is 15.9 Å². The maximum atomic E-state index is 13.7. The molecule has 3 unspecified atom stereocenters. The van der Waals surface area contributed by atoms with Gasteiger partial charge in [0.05, 0.1) is 16.5 Å². The molecule has 1 fully saturated rings. The molecule has 3 atom stereocenters. The molecule has 0 N–H and O–H groups in total. The Balaban J connectivity index is 1.14. The quantitative estimate of drug-likeness (QED) is 0.357. The monoisotopic (exact) mass is 629 g/mol. The summed E-state index contributed by atoms with van der Waals surface area (Å²) >= 11 is 0. The molecule has 1 amide bonds. The van der Waals surface area contributed by atoms with Crippen molar-refractivity contribution in [3.05, 3.63) is 83.4 Å². The fourth-order valence-electron chi connectivity index (χ4n) is 7.16. The molecule has 8 nitrogen and oxygen atoms in total. The maximum absolute atomic E-state index is 13.7. The largest absolute Gasteiger partial charge is 0.416 e. The molecule has 1 saturated carbocycles. The molecule has 4 heterocycles. The zero-order valence-corrected chi connectivity index (χ0v) is 25.6. The fraction of sp³-hybridized carbons (Fsp3) is 0.500. The minimum atomic E-state index is -4.66. The molecule has 0 saturated heterocycles. The van der Waals surface area contributed by atoms with Crippen molar-refractivity contribution in [2.24, 2.45) is 0 Å². The van der Waals surface area contributed by atoms with Gasteiger partial charge in [0.1, 0.15) is 0 Å². The lowest BCUT2D eigenvalue weighted by atomic mass is 9.87. The third-order valence-corrected chi connectivity index (χ3v) is 11.5. The molecule has 1 aliphatic carbocycles. The number of carbonyl (C=O) groups is 1. The predicted molar refractivity (Wildman–Crippen MR) is 159 cm³/mol. The highest BCUT2D eigenvalue weighted by Crippen LogP contribution is 2.37. The number of sulfonamides is 1. The third-order valence-electron chi connectivity index (χ3n) is 9.64. The summed E-state index contributed by atoms with van der Waals surface area (Å²) in [5.74, 6) is -0.0502. The third kappa shape index (κ3) is 6.16. The number of halogens is 3. The van der Waals surface area contributed by atoms with Gasteiger partial charge in [0.15, 0.2) is 0 Å². The second-order valence-corrected chi connectivity index (χ2v) is 14.1. The molecule has 2 aromatic heterocycles. The van der Waals surface area contributed by atoms with Gasteiger partial charge in [0.25, 0.3) is 0 Å². The number of fused-ring (bicyclic) bond motifs is 2. The molecule has 12 heteroatoms. The van der Waals surface area contributed by atoms with E-state index < -0.39 is 32.7 Å². The van der Waals surface area contributed by atoms with Crippen molar-refractivity contribution in [1.82, 2.24) is 23.7 Å². The highest BCUT2D eigenvalue weighted by molar-refractivity contribution is 7.89. The van der Waals surface area contributed by atoms with Crippen LogP contribution < -0.4 is 0 Å². The Bertz CT molecular complexity index is 1610. The smallest absolute Gasteiger partial charge is 0.349 e. The number of nitrogens with zero attached hydrogens (tertiary/aromatic N) is 5. The normalized spacial score (nSPS) is 23.1. The van der Waals surface area contributed by atoms with E-state index in [0.717, 1.165) is 63.0 Å². The Kier molecular flexibility index (Phi) is 8.60. The first-order valence-corrected chi connectivity index (χ1v) is 16.7. The van der Waals surface area contributed by atoms with E-state index in [1.165, 1.54) is 21.5 Å². The number of carbonyl (C=O) groups excluding carboxylic acids is 1. The van der Waals surface area contributed by atoms with E-state index in [2.05, 4.69) is 16.0 Å². The van der Waals surface area contributed by atoms with Gasteiger partial charge in [0, 0.05) is 76.0 Å². The van der Waals surface area contributed by atoms with Crippen LogP contribution in [0.5, 0.6) is 0 Å². The molecular weight excluding hydrogens is 591 g/mol. The number of hydrogen-bond donors (Lipinski definition) is 0. The lowest BCUT2D eigenvalue weighted by Crippen LogP contribution is -2.48. The summed E-state index contributed by atoms with van der Waals surface area (Å²) in [6.07, 6.45) is 6.29. The highest BCUT2D eigenvalue weighted by atomic mass is 32.2. The fourth-order valence-corrected chi connectivity index (χ4v) is 8.83. The number of aromatic nitrogens is 2. The Hall–Kier alpha value is -3.22. The van der Waals surface area contributed by atoms with Crippen molar-refractivity contribution in [2.45, 2.75) is 87.2 Å². The lowest BCUT2D eigenvalue weighted by molar-refractivity contribution is -0.137. The van der Waals surface area contributed by atoms with Gasteiger partial charge in [-0.1, -0.05) is 6.07 Å². The van der Waals surface area contributed by atoms with Gasteiger partial charge in [-0.25, -0.2) is 8.42 Å². The number of hydrogen-bond acceptors (Lipinski definition) is 5. The van der Waals surface area contributed by atoms with Crippen molar-refractivity contribution in [3.63, 3.8) is 0 Å². The summed E-state index contributed by atoms with van der Waals surface area (Å²) in [6.45, 7) is 2.36. The Morgan fingerprint density at radius 3 is 2.73 bits per heavy atom. The number of pyridine rings is 1. The molecule has 44 heavy (non-hydrogen) atoms. The molecule has 236 valence electrons. The summed E-state index contributed by atoms with van der Waals surface area (Å²) in [4.78, 5) is 21.8. The van der Waals surface area contributed by atoms with Crippen molar-refractivity contribution in [3.8, 4) is 0 Å². The summed E-state index contributed by atoms with van der Waals surface area (Å²) in [5.41, 5.74) is 2.35. The van der Waals surface area contributed by atoms with Crippen molar-refractivity contribution < 1.29 is 26.4 Å². The molecule has 0 bridgehead atoms. The second-order valence-electron chi connectivity index (χ2n) is 12.2. The zero-order valence-electron chi connectivity index (χ0n) is 24.8. The van der Waals surface area contributed by atoms with Gasteiger partial charge >= 0.3 is 6.18 Å². The van der Waals surface area contributed by atoms with Crippen LogP contribution in [0.15, 0.2) is 66.0 Å². The van der Waals surface area contributed by atoms with Crippen LogP contribution in [0.1, 0.15) is 67.0 Å². The molecule has 3 aromatic rings. The van der Waals surface area contributed by atoms with Gasteiger partial charge < -0.3 is 9.47 Å². The molecule has 2 aliphatic heterocycles. The topological polar surface area (TPSA) is 78.8 Å². The highest BCUT2D eigenvalue weighted by Gasteiger charge is 2.39. The zero-order chi connectivity index (χ0) is 31.1. The van der Waals surface area contributed by atoms with E-state index in [4.69, 9.17) is 0 Å². The van der Waals surface area contributed by atoms with Crippen LogP contribution in [0.3, 0.4) is 0 Å². The van der Waals surface area contributed by atoms with Crippen LogP contribution in [-0.2, 0) is 40.5 Å². The van der Waals surface area contributed by atoms with Gasteiger partial charge in [-0.2, -0.15) is 17.5 Å². The first-order valence-electron chi connectivity index (χ1n) is 15.3. The van der Waals surface area contributed by atoms with Gasteiger partial charge in [-0.05, 0) is 86.1 Å². The first-order chi connectivity index (χ1) is 21.0. The first kappa shape index (κ1) is 30.8. The summed E-state index contributed by atoms with van der Waals surface area (Å²) in [6, 6.07) is 9.44. The van der Waals surface area contributed by atoms with Crippen LogP contribution in [0.2, 0.25) is 0 Å². The maximum Gasteiger partial charge on any atom is 0.416 e. The van der Waals surface area contributed by atoms with Crippen LogP contribution >= 0.6 is 0 Å². The summed E-state index contributed by atoms with van der Waals surface area (Å²) in [7, 11) is -2.42. The Labute approximate surface area is 256 Å². The van der Waals surface area contributed by atoms with E-state index in [-0.39, 0.29) is 31.3 Å². The summed E-state index contributed by atoms with van der Waals surface area (Å²) < 4.78 is 70.9. The van der Waals surface area contributed by atoms with Crippen LogP contribution in [0.4, 0.5) is 13.2 Å². The minimum Gasteiger partial charge on any atom is -0.349 e. The molecule has 0 spiro atoms. The van der Waals surface area contributed by atoms with E-state index in [0.29, 0.717) is 18.7 Å². The predicted octanol–water partition coefficient (Wildman–Crippen LogP) is 5.26. The number of benzene rings is 1. The van der Waals surface area contributed by atoms with Crippen molar-refractivity contribution >= 4 is 15.9 Å². The minimum absolute atomic E-state index is 0.0502. The van der Waals surface area contributed by atoms with Crippen molar-refractivity contribution in [2.75, 3.05) is 20.1 Å². The number of amides is 1. The molecular formula is C32H38F3N5O3S. The van der Waals surface area contributed by atoms with E-state index in [1.807, 2.05) is 47.2 Å². The van der Waals surface area contributed by atoms with Crippen LogP contribution in [0, 0.1) is 0 Å². The van der Waals surface area contributed by atoms with Gasteiger partial charge in [-0.3, -0.25) is 14.7 Å². The second kappa shape index (κ2) is 12.3. The lowest BCUT2D eigenvalue weighted by Gasteiger charge is -2.42. The van der Waals surface area contributed by atoms with Crippen molar-refractivity contribution in [1.29, 1.82) is 0 Å². The van der Waals surface area contributed by atoms with Gasteiger partial charge in [-0.15, -0.1) is 0 Å². The molecule has 1 aromatic carbocycles. The van der Waals surface area contributed by atoms with E-state index in [1.54, 1.807) is 0 Å². The average Bonchev–Trinajstić information content (AvgIpc) is 3.52. The van der Waals surface area contributed by atoms with Crippen LogP contribution in [-0.4, -0.2) is 70.2 Å². The standard InChI is InChI=1S/C32H38F3N5O3S/c1-37(26-6-3-7-27(20-26)39-16-13-23-21-36-14-12-24(23)22-39)31(41)11-10-30-29-9-4-15-38(29)17-18-40(30)44(42,43)28-8-2-5-25(19-28)32(33,34)35/h2,4-5,8-9,12,14-15,19,21,26-27,30H,3,6-7,10-11,13,16-18,20,22H2,1H3. The Morgan fingerprint density at radius 1 is 1.07 bits per heavy atom. The SMILES string of the molecule is CN(C(=O)CCC1c2cccn2CCN1S(=O)(=O)c1cccc(C(F)(F)F)c1)C1CCCC(N2CCc3cnccc3C2)C1. The number of alkyl halides is 3. The summed E-state index contributed by atoms with van der Waals surface area (Å²) in [5, 5.41) is 0. The number of rotatable bonds is 7. The Morgan fingerprint density at radius 2 is 1.91 bits per heavy atom. The average molecular weight is 630 g/mol.